The maximum absolute atomic E-state index is 13.0. The summed E-state index contributed by atoms with van der Waals surface area (Å²) in [4.78, 5) is 19.4. The van der Waals surface area contributed by atoms with Crippen molar-refractivity contribution in [2.45, 2.75) is 6.54 Å². The molecular formula is C23H17BrN2O2S. The van der Waals surface area contributed by atoms with Gasteiger partial charge in [0.1, 0.15) is 5.76 Å². The Morgan fingerprint density at radius 1 is 1.07 bits per heavy atom. The first-order chi connectivity index (χ1) is 14.2. The molecule has 4 aromatic rings. The standard InChI is InChI=1S/C23H17BrN2O2S/c24-19-10-8-18(9-11-19)21-16-29-23(25-21)26(15-17-5-2-1-3-6-17)22(27)13-12-20-7-4-14-28-20/h1-14,16H,15H2/b13-12+. The molecule has 2 heterocycles. The van der Waals surface area contributed by atoms with Crippen LogP contribution in [0.2, 0.25) is 0 Å². The van der Waals surface area contributed by atoms with Crippen LogP contribution in [0.5, 0.6) is 0 Å². The van der Waals surface area contributed by atoms with E-state index in [1.807, 2.05) is 60.0 Å². The van der Waals surface area contributed by atoms with Crippen LogP contribution in [-0.2, 0) is 11.3 Å². The summed E-state index contributed by atoms with van der Waals surface area (Å²) in [5, 5.41) is 2.63. The van der Waals surface area contributed by atoms with Crippen molar-refractivity contribution in [1.29, 1.82) is 0 Å². The molecule has 0 saturated heterocycles. The van der Waals surface area contributed by atoms with Crippen molar-refractivity contribution in [1.82, 2.24) is 4.98 Å². The highest BCUT2D eigenvalue weighted by atomic mass is 79.9. The normalized spacial score (nSPS) is 11.1. The zero-order valence-corrected chi connectivity index (χ0v) is 17.8. The first kappa shape index (κ1) is 19.4. The number of halogens is 1. The second kappa shape index (κ2) is 9.03. The minimum Gasteiger partial charge on any atom is -0.465 e. The van der Waals surface area contributed by atoms with Crippen LogP contribution >= 0.6 is 27.3 Å². The maximum Gasteiger partial charge on any atom is 0.253 e. The van der Waals surface area contributed by atoms with Gasteiger partial charge in [-0.1, -0.05) is 58.4 Å². The second-order valence-electron chi connectivity index (χ2n) is 6.28. The van der Waals surface area contributed by atoms with Gasteiger partial charge in [-0.2, -0.15) is 0 Å². The number of rotatable bonds is 6. The third-order valence-corrected chi connectivity index (χ3v) is 5.64. The molecule has 2 aromatic heterocycles. The van der Waals surface area contributed by atoms with Crippen LogP contribution in [0.3, 0.4) is 0 Å². The molecule has 144 valence electrons. The zero-order valence-electron chi connectivity index (χ0n) is 15.4. The van der Waals surface area contributed by atoms with E-state index < -0.39 is 0 Å². The zero-order chi connectivity index (χ0) is 20.1. The van der Waals surface area contributed by atoms with Crippen molar-refractivity contribution in [2.75, 3.05) is 4.90 Å². The van der Waals surface area contributed by atoms with E-state index in [0.717, 1.165) is 21.3 Å². The highest BCUT2D eigenvalue weighted by Gasteiger charge is 2.18. The molecule has 0 unspecified atom stereocenters. The Kier molecular flexibility index (Phi) is 6.03. The van der Waals surface area contributed by atoms with Gasteiger partial charge in [-0.15, -0.1) is 11.3 Å². The highest BCUT2D eigenvalue weighted by Crippen LogP contribution is 2.29. The number of hydrogen-bond acceptors (Lipinski definition) is 4. The van der Waals surface area contributed by atoms with Gasteiger partial charge < -0.3 is 4.42 Å². The molecule has 0 spiro atoms. The topological polar surface area (TPSA) is 46.3 Å². The van der Waals surface area contributed by atoms with Gasteiger partial charge in [0, 0.05) is 21.5 Å². The fraction of sp³-hybridized carbons (Fsp3) is 0.0435. The van der Waals surface area contributed by atoms with E-state index in [0.29, 0.717) is 17.4 Å². The van der Waals surface area contributed by atoms with E-state index in [4.69, 9.17) is 9.40 Å². The van der Waals surface area contributed by atoms with Crippen LogP contribution in [-0.4, -0.2) is 10.9 Å². The Balaban J connectivity index is 1.62. The lowest BCUT2D eigenvalue weighted by Crippen LogP contribution is -2.28. The predicted molar refractivity (Wildman–Crippen MR) is 121 cm³/mol. The SMILES string of the molecule is O=C(/C=C/c1ccco1)N(Cc1ccccc1)c1nc(-c2ccc(Br)cc2)cs1. The van der Waals surface area contributed by atoms with Crippen LogP contribution in [0.4, 0.5) is 5.13 Å². The van der Waals surface area contributed by atoms with Gasteiger partial charge in [-0.3, -0.25) is 9.69 Å². The summed E-state index contributed by atoms with van der Waals surface area (Å²) >= 11 is 4.90. The van der Waals surface area contributed by atoms with Gasteiger partial charge >= 0.3 is 0 Å². The number of hydrogen-bond donors (Lipinski definition) is 0. The molecule has 2 aromatic carbocycles. The third-order valence-electron chi connectivity index (χ3n) is 4.25. The Morgan fingerprint density at radius 2 is 1.86 bits per heavy atom. The van der Waals surface area contributed by atoms with Crippen LogP contribution < -0.4 is 4.90 Å². The number of furan rings is 1. The lowest BCUT2D eigenvalue weighted by Gasteiger charge is -2.18. The number of thiazole rings is 1. The van der Waals surface area contributed by atoms with E-state index in [1.165, 1.54) is 17.4 Å². The third kappa shape index (κ3) is 4.91. The molecule has 0 aliphatic rings. The summed E-state index contributed by atoms with van der Waals surface area (Å²) < 4.78 is 6.30. The number of amides is 1. The molecule has 6 heteroatoms. The van der Waals surface area contributed by atoms with Crippen molar-refractivity contribution < 1.29 is 9.21 Å². The fourth-order valence-corrected chi connectivity index (χ4v) is 3.88. The van der Waals surface area contributed by atoms with Gasteiger partial charge in [0.15, 0.2) is 5.13 Å². The summed E-state index contributed by atoms with van der Waals surface area (Å²) in [7, 11) is 0. The van der Waals surface area contributed by atoms with Crippen molar-refractivity contribution in [3.8, 4) is 11.3 Å². The van der Waals surface area contributed by atoms with Crippen LogP contribution in [0, 0.1) is 0 Å². The molecule has 29 heavy (non-hydrogen) atoms. The van der Waals surface area contributed by atoms with Gasteiger partial charge in [-0.05, 0) is 35.9 Å². The Hall–Kier alpha value is -2.96. The molecule has 4 rings (SSSR count). The first-order valence-corrected chi connectivity index (χ1v) is 10.6. The molecule has 0 atom stereocenters. The van der Waals surface area contributed by atoms with Gasteiger partial charge in [0.2, 0.25) is 0 Å². The number of carbonyl (C=O) groups excluding carboxylic acids is 1. The minimum absolute atomic E-state index is 0.151. The van der Waals surface area contributed by atoms with E-state index in [9.17, 15) is 4.79 Å². The van der Waals surface area contributed by atoms with Crippen molar-refractivity contribution in [3.63, 3.8) is 0 Å². The molecule has 0 saturated carbocycles. The molecule has 0 N–H and O–H groups in total. The molecule has 1 amide bonds. The monoisotopic (exact) mass is 464 g/mol. The average Bonchev–Trinajstić information content (AvgIpc) is 3.44. The van der Waals surface area contributed by atoms with Crippen molar-refractivity contribution >= 4 is 44.4 Å². The van der Waals surface area contributed by atoms with E-state index in [-0.39, 0.29) is 5.91 Å². The first-order valence-electron chi connectivity index (χ1n) is 8.97. The van der Waals surface area contributed by atoms with E-state index >= 15 is 0 Å². The number of carbonyl (C=O) groups is 1. The summed E-state index contributed by atoms with van der Waals surface area (Å²) in [6, 6.07) is 21.4. The number of aromatic nitrogens is 1. The van der Waals surface area contributed by atoms with Gasteiger partial charge in [0.05, 0.1) is 18.5 Å². The highest BCUT2D eigenvalue weighted by molar-refractivity contribution is 9.10. The summed E-state index contributed by atoms with van der Waals surface area (Å²) in [6.45, 7) is 0.440. The quantitative estimate of drug-likeness (QED) is 0.309. The average molecular weight is 465 g/mol. The largest absolute Gasteiger partial charge is 0.465 e. The van der Waals surface area contributed by atoms with E-state index in [2.05, 4.69) is 15.9 Å². The second-order valence-corrected chi connectivity index (χ2v) is 8.03. The molecular weight excluding hydrogens is 448 g/mol. The fourth-order valence-electron chi connectivity index (χ4n) is 2.78. The molecule has 0 aliphatic heterocycles. The van der Waals surface area contributed by atoms with Crippen LogP contribution in [0.1, 0.15) is 11.3 Å². The molecule has 4 nitrogen and oxygen atoms in total. The summed E-state index contributed by atoms with van der Waals surface area (Å²) in [6.07, 6.45) is 4.77. The minimum atomic E-state index is -0.151. The predicted octanol–water partition coefficient (Wildman–Crippen LogP) is 6.41. The van der Waals surface area contributed by atoms with Crippen LogP contribution in [0.15, 0.2) is 93.3 Å². The molecule has 0 fully saturated rings. The number of anilines is 1. The summed E-state index contributed by atoms with van der Waals surface area (Å²) in [5.74, 6) is 0.481. The van der Waals surface area contributed by atoms with Gasteiger partial charge in [0.25, 0.3) is 5.91 Å². The maximum atomic E-state index is 13.0. The Morgan fingerprint density at radius 3 is 2.59 bits per heavy atom. The lowest BCUT2D eigenvalue weighted by molar-refractivity contribution is -0.114. The van der Waals surface area contributed by atoms with E-state index in [1.54, 1.807) is 29.4 Å². The van der Waals surface area contributed by atoms with Crippen LogP contribution in [0.25, 0.3) is 17.3 Å². The lowest BCUT2D eigenvalue weighted by atomic mass is 10.2. The number of nitrogens with zero attached hydrogens (tertiary/aromatic N) is 2. The Labute approximate surface area is 181 Å². The summed E-state index contributed by atoms with van der Waals surface area (Å²) in [5.41, 5.74) is 2.89. The molecule has 0 aliphatic carbocycles. The van der Waals surface area contributed by atoms with Crippen molar-refractivity contribution in [3.05, 3.63) is 100 Å². The van der Waals surface area contributed by atoms with Crippen molar-refractivity contribution in [2.24, 2.45) is 0 Å². The molecule has 0 radical (unpaired) electrons. The Bertz CT molecular complexity index is 1100. The number of benzene rings is 2. The molecule has 0 bridgehead atoms. The van der Waals surface area contributed by atoms with Gasteiger partial charge in [-0.25, -0.2) is 4.98 Å². The smallest absolute Gasteiger partial charge is 0.253 e.